The van der Waals surface area contributed by atoms with Gasteiger partial charge in [-0.05, 0) is 24.1 Å². The van der Waals surface area contributed by atoms with Crippen LogP contribution in [0.15, 0.2) is 33.5 Å². The van der Waals surface area contributed by atoms with Crippen molar-refractivity contribution in [2.45, 2.75) is 13.3 Å². The van der Waals surface area contributed by atoms with Gasteiger partial charge >= 0.3 is 5.63 Å². The molecule has 0 N–H and O–H groups in total. The molecule has 0 spiro atoms. The Balaban J connectivity index is 2.36. The lowest BCUT2D eigenvalue weighted by atomic mass is 10.1. The van der Waals surface area contributed by atoms with Crippen molar-refractivity contribution >= 4 is 11.0 Å². The van der Waals surface area contributed by atoms with Gasteiger partial charge < -0.3 is 13.9 Å². The van der Waals surface area contributed by atoms with Gasteiger partial charge in [0.1, 0.15) is 17.9 Å². The molecule has 0 aliphatic carbocycles. The van der Waals surface area contributed by atoms with Gasteiger partial charge in [0.25, 0.3) is 0 Å². The van der Waals surface area contributed by atoms with Crippen LogP contribution >= 0.6 is 0 Å². The highest BCUT2D eigenvalue weighted by molar-refractivity contribution is 5.81. The van der Waals surface area contributed by atoms with Gasteiger partial charge in [0, 0.05) is 24.6 Å². The van der Waals surface area contributed by atoms with E-state index in [0.717, 1.165) is 17.4 Å². The van der Waals surface area contributed by atoms with Gasteiger partial charge in [-0.1, -0.05) is 6.92 Å². The zero-order valence-electron chi connectivity index (χ0n) is 10.6. The third-order valence-electron chi connectivity index (χ3n) is 2.74. The molecule has 0 aliphatic heterocycles. The summed E-state index contributed by atoms with van der Waals surface area (Å²) in [6, 6.07) is 7.07. The third-order valence-corrected chi connectivity index (χ3v) is 2.74. The van der Waals surface area contributed by atoms with E-state index in [1.165, 1.54) is 6.07 Å². The van der Waals surface area contributed by atoms with E-state index in [4.69, 9.17) is 13.9 Å². The summed E-state index contributed by atoms with van der Waals surface area (Å²) < 4.78 is 15.6. The van der Waals surface area contributed by atoms with Crippen LogP contribution in [0, 0.1) is 0 Å². The average Bonchev–Trinajstić information content (AvgIpc) is 2.37. The lowest BCUT2D eigenvalue weighted by molar-refractivity contribution is 0.146. The summed E-state index contributed by atoms with van der Waals surface area (Å²) >= 11 is 0. The minimum atomic E-state index is -0.326. The summed E-state index contributed by atoms with van der Waals surface area (Å²) in [4.78, 5) is 11.4. The quantitative estimate of drug-likeness (QED) is 0.602. The zero-order valence-corrected chi connectivity index (χ0v) is 10.6. The topological polar surface area (TPSA) is 48.7 Å². The fourth-order valence-corrected chi connectivity index (χ4v) is 1.84. The molecule has 0 amide bonds. The molecule has 0 atom stereocenters. The second-order valence-electron chi connectivity index (χ2n) is 3.94. The van der Waals surface area contributed by atoms with E-state index in [-0.39, 0.29) is 5.63 Å². The van der Waals surface area contributed by atoms with Crippen molar-refractivity contribution in [2.75, 3.05) is 20.3 Å². The molecular formula is C14H16O4. The summed E-state index contributed by atoms with van der Waals surface area (Å²) in [6.07, 6.45) is 0.798. The molecule has 0 saturated carbocycles. The van der Waals surface area contributed by atoms with Crippen LogP contribution < -0.4 is 10.4 Å². The maximum atomic E-state index is 11.4. The summed E-state index contributed by atoms with van der Waals surface area (Å²) in [6.45, 7) is 3.01. The van der Waals surface area contributed by atoms with Crippen molar-refractivity contribution in [2.24, 2.45) is 0 Å². The number of aryl methyl sites for hydroxylation is 1. The first-order chi connectivity index (χ1) is 8.74. The van der Waals surface area contributed by atoms with Gasteiger partial charge in [0.2, 0.25) is 0 Å². The molecular weight excluding hydrogens is 232 g/mol. The molecule has 1 heterocycles. The molecule has 0 bridgehead atoms. The standard InChI is InChI=1S/C14H16O4/c1-3-10-8-14(15)18-13-9-11(4-5-12(10)13)17-7-6-16-2/h4-5,8-9H,3,6-7H2,1-2H3. The van der Waals surface area contributed by atoms with E-state index in [2.05, 4.69) is 0 Å². The second kappa shape index (κ2) is 5.69. The summed E-state index contributed by atoms with van der Waals surface area (Å²) in [5, 5.41) is 0.955. The van der Waals surface area contributed by atoms with Crippen molar-refractivity contribution in [3.05, 3.63) is 40.2 Å². The van der Waals surface area contributed by atoms with E-state index in [0.29, 0.717) is 24.5 Å². The Bertz CT molecular complexity index is 586. The number of benzene rings is 1. The minimum absolute atomic E-state index is 0.326. The summed E-state index contributed by atoms with van der Waals surface area (Å²) in [5.41, 5.74) is 1.23. The number of hydrogen-bond acceptors (Lipinski definition) is 4. The molecule has 18 heavy (non-hydrogen) atoms. The molecule has 1 aromatic carbocycles. The maximum Gasteiger partial charge on any atom is 0.336 e. The van der Waals surface area contributed by atoms with Crippen molar-refractivity contribution < 1.29 is 13.9 Å². The first-order valence-electron chi connectivity index (χ1n) is 5.93. The Morgan fingerprint density at radius 1 is 1.22 bits per heavy atom. The van der Waals surface area contributed by atoms with Crippen molar-refractivity contribution in [3.8, 4) is 5.75 Å². The van der Waals surface area contributed by atoms with Crippen LogP contribution in [0.2, 0.25) is 0 Å². The molecule has 0 saturated heterocycles. The van der Waals surface area contributed by atoms with E-state index in [1.807, 2.05) is 19.1 Å². The maximum absolute atomic E-state index is 11.4. The fourth-order valence-electron chi connectivity index (χ4n) is 1.84. The van der Waals surface area contributed by atoms with Gasteiger partial charge in [-0.25, -0.2) is 4.79 Å². The molecule has 0 radical (unpaired) electrons. The van der Waals surface area contributed by atoms with Crippen molar-refractivity contribution in [1.82, 2.24) is 0 Å². The summed E-state index contributed by atoms with van der Waals surface area (Å²) in [5.74, 6) is 0.677. The molecule has 0 fully saturated rings. The zero-order chi connectivity index (χ0) is 13.0. The number of ether oxygens (including phenoxy) is 2. The number of hydrogen-bond donors (Lipinski definition) is 0. The third kappa shape index (κ3) is 2.71. The first kappa shape index (κ1) is 12.6. The molecule has 4 nitrogen and oxygen atoms in total. The van der Waals surface area contributed by atoms with E-state index < -0.39 is 0 Å². The Kier molecular flexibility index (Phi) is 3.99. The van der Waals surface area contributed by atoms with Crippen LogP contribution in [-0.2, 0) is 11.2 Å². The van der Waals surface area contributed by atoms with Gasteiger partial charge in [0.05, 0.1) is 6.61 Å². The molecule has 96 valence electrons. The number of fused-ring (bicyclic) bond motifs is 1. The van der Waals surface area contributed by atoms with Crippen molar-refractivity contribution in [3.63, 3.8) is 0 Å². The summed E-state index contributed by atoms with van der Waals surface area (Å²) in [7, 11) is 1.62. The lowest BCUT2D eigenvalue weighted by Gasteiger charge is -2.07. The Morgan fingerprint density at radius 3 is 2.78 bits per heavy atom. The largest absolute Gasteiger partial charge is 0.491 e. The van der Waals surface area contributed by atoms with Crippen LogP contribution in [0.25, 0.3) is 11.0 Å². The van der Waals surface area contributed by atoms with Gasteiger partial charge in [-0.3, -0.25) is 0 Å². The minimum Gasteiger partial charge on any atom is -0.491 e. The Labute approximate surface area is 105 Å². The molecule has 1 aromatic heterocycles. The predicted molar refractivity (Wildman–Crippen MR) is 69.2 cm³/mol. The van der Waals surface area contributed by atoms with E-state index in [1.54, 1.807) is 13.2 Å². The van der Waals surface area contributed by atoms with Crippen LogP contribution in [-0.4, -0.2) is 20.3 Å². The SMILES string of the molecule is CCc1cc(=O)oc2cc(OCCOC)ccc12. The van der Waals surface area contributed by atoms with Crippen molar-refractivity contribution in [1.29, 1.82) is 0 Å². The van der Waals surface area contributed by atoms with Gasteiger partial charge in [-0.2, -0.15) is 0 Å². The fraction of sp³-hybridized carbons (Fsp3) is 0.357. The van der Waals surface area contributed by atoms with E-state index >= 15 is 0 Å². The van der Waals surface area contributed by atoms with Crippen LogP contribution in [0.1, 0.15) is 12.5 Å². The Morgan fingerprint density at radius 2 is 2.06 bits per heavy atom. The number of methoxy groups -OCH3 is 1. The van der Waals surface area contributed by atoms with Crippen LogP contribution in [0.4, 0.5) is 0 Å². The second-order valence-corrected chi connectivity index (χ2v) is 3.94. The Hall–Kier alpha value is -1.81. The highest BCUT2D eigenvalue weighted by Gasteiger charge is 2.05. The smallest absolute Gasteiger partial charge is 0.336 e. The van der Waals surface area contributed by atoms with Gasteiger partial charge in [0.15, 0.2) is 0 Å². The highest BCUT2D eigenvalue weighted by atomic mass is 16.5. The van der Waals surface area contributed by atoms with Crippen LogP contribution in [0.3, 0.4) is 0 Å². The molecule has 0 unspecified atom stereocenters. The highest BCUT2D eigenvalue weighted by Crippen LogP contribution is 2.22. The monoisotopic (exact) mass is 248 g/mol. The molecule has 0 aliphatic rings. The normalized spacial score (nSPS) is 10.8. The molecule has 2 aromatic rings. The van der Waals surface area contributed by atoms with Crippen LogP contribution in [0.5, 0.6) is 5.75 Å². The number of rotatable bonds is 5. The predicted octanol–water partition coefficient (Wildman–Crippen LogP) is 2.38. The average molecular weight is 248 g/mol. The first-order valence-corrected chi connectivity index (χ1v) is 5.93. The molecule has 2 rings (SSSR count). The van der Waals surface area contributed by atoms with E-state index in [9.17, 15) is 4.79 Å². The molecule has 4 heteroatoms. The lowest BCUT2D eigenvalue weighted by Crippen LogP contribution is -2.04. The van der Waals surface area contributed by atoms with Gasteiger partial charge in [-0.15, -0.1) is 0 Å².